The number of carbonyl (C=O) groups excluding carboxylic acids is 1. The van der Waals surface area contributed by atoms with Crippen LogP contribution in [0.5, 0.6) is 5.75 Å². The number of nitrogens with two attached hydrogens (primary N) is 1. The van der Waals surface area contributed by atoms with Gasteiger partial charge in [-0.15, -0.1) is 0 Å². The minimum absolute atomic E-state index is 0.0566. The number of phenols is 1. The highest BCUT2D eigenvalue weighted by Crippen LogP contribution is 2.28. The van der Waals surface area contributed by atoms with Crippen molar-refractivity contribution in [3.05, 3.63) is 23.8 Å². The minimum atomic E-state index is -0.638. The Kier molecular flexibility index (Phi) is 4.74. The second kappa shape index (κ2) is 5.90. The highest BCUT2D eigenvalue weighted by Gasteiger charge is 2.18. The third-order valence-corrected chi connectivity index (χ3v) is 2.33. The van der Waals surface area contributed by atoms with Gasteiger partial charge < -0.3 is 9.84 Å². The van der Waals surface area contributed by atoms with E-state index >= 15 is 0 Å². The number of amides is 1. The molecule has 1 atom stereocenters. The zero-order valence-electron chi connectivity index (χ0n) is 11.6. The van der Waals surface area contributed by atoms with E-state index < -0.39 is 11.7 Å². The second-order valence-corrected chi connectivity index (χ2v) is 5.18. The van der Waals surface area contributed by atoms with E-state index in [0.29, 0.717) is 0 Å². The summed E-state index contributed by atoms with van der Waals surface area (Å²) < 4.78 is 5.11. The molecule has 0 fully saturated rings. The summed E-state index contributed by atoms with van der Waals surface area (Å²) in [6.45, 7) is 7.03. The van der Waals surface area contributed by atoms with Crippen LogP contribution in [-0.4, -0.2) is 16.8 Å². The Labute approximate surface area is 112 Å². The van der Waals surface area contributed by atoms with Gasteiger partial charge in [-0.2, -0.15) is 0 Å². The number of hydrogen-bond donors (Lipinski definition) is 3. The van der Waals surface area contributed by atoms with Crippen molar-refractivity contribution >= 4 is 11.8 Å². The van der Waals surface area contributed by atoms with Gasteiger partial charge in [-0.1, -0.05) is 6.07 Å². The SMILES string of the molecule is CC(ON)c1ccc(O)c(NC(=O)OC(C)(C)C)c1. The molecule has 0 spiro atoms. The predicted molar refractivity (Wildman–Crippen MR) is 71.7 cm³/mol. The van der Waals surface area contributed by atoms with Crippen LogP contribution < -0.4 is 11.2 Å². The molecule has 1 aromatic rings. The molecule has 1 unspecified atom stereocenters. The van der Waals surface area contributed by atoms with Gasteiger partial charge in [-0.25, -0.2) is 10.7 Å². The Morgan fingerprint density at radius 2 is 2.05 bits per heavy atom. The van der Waals surface area contributed by atoms with Gasteiger partial charge in [0.15, 0.2) is 0 Å². The quantitative estimate of drug-likeness (QED) is 0.579. The van der Waals surface area contributed by atoms with Crippen molar-refractivity contribution in [1.82, 2.24) is 0 Å². The van der Waals surface area contributed by atoms with Gasteiger partial charge in [-0.3, -0.25) is 10.2 Å². The maximum atomic E-state index is 11.6. The molecule has 0 bridgehead atoms. The van der Waals surface area contributed by atoms with Crippen LogP contribution in [0.25, 0.3) is 0 Å². The van der Waals surface area contributed by atoms with Gasteiger partial charge >= 0.3 is 6.09 Å². The summed E-state index contributed by atoms with van der Waals surface area (Å²) >= 11 is 0. The van der Waals surface area contributed by atoms with Gasteiger partial charge in [0, 0.05) is 0 Å². The van der Waals surface area contributed by atoms with E-state index in [0.717, 1.165) is 5.56 Å². The molecule has 1 amide bonds. The number of benzene rings is 1. The number of aromatic hydroxyl groups is 1. The summed E-state index contributed by atoms with van der Waals surface area (Å²) in [4.78, 5) is 16.3. The van der Waals surface area contributed by atoms with Crippen molar-refractivity contribution in [2.24, 2.45) is 5.90 Å². The first-order valence-electron chi connectivity index (χ1n) is 5.91. The standard InChI is InChI=1S/C13H20N2O4/c1-8(19-14)9-5-6-11(16)10(7-9)15-12(17)18-13(2,3)4/h5-8,16H,14H2,1-4H3,(H,15,17). The molecule has 0 radical (unpaired) electrons. The van der Waals surface area contributed by atoms with Crippen LogP contribution in [0.3, 0.4) is 0 Å². The van der Waals surface area contributed by atoms with Crippen molar-refractivity contribution < 1.29 is 19.5 Å². The highest BCUT2D eigenvalue weighted by molar-refractivity contribution is 5.87. The van der Waals surface area contributed by atoms with Crippen molar-refractivity contribution in [3.8, 4) is 5.75 Å². The van der Waals surface area contributed by atoms with Crippen LogP contribution in [0.4, 0.5) is 10.5 Å². The predicted octanol–water partition coefficient (Wildman–Crippen LogP) is 2.69. The van der Waals surface area contributed by atoms with E-state index in [1.165, 1.54) is 6.07 Å². The fourth-order valence-electron chi connectivity index (χ4n) is 1.40. The number of anilines is 1. The molecule has 0 saturated heterocycles. The van der Waals surface area contributed by atoms with Gasteiger partial charge in [0.25, 0.3) is 0 Å². The van der Waals surface area contributed by atoms with Crippen molar-refractivity contribution in [2.75, 3.05) is 5.32 Å². The molecule has 0 heterocycles. The Balaban J connectivity index is 2.85. The van der Waals surface area contributed by atoms with E-state index in [1.807, 2.05) is 0 Å². The van der Waals surface area contributed by atoms with Crippen LogP contribution in [0, 0.1) is 0 Å². The lowest BCUT2D eigenvalue weighted by Gasteiger charge is -2.20. The Morgan fingerprint density at radius 1 is 1.42 bits per heavy atom. The van der Waals surface area contributed by atoms with Crippen LogP contribution in [0.1, 0.15) is 39.4 Å². The van der Waals surface area contributed by atoms with Gasteiger partial charge in [0.1, 0.15) is 17.5 Å². The molecule has 0 aliphatic heterocycles. The van der Waals surface area contributed by atoms with Crippen molar-refractivity contribution in [3.63, 3.8) is 0 Å². The van der Waals surface area contributed by atoms with E-state index in [9.17, 15) is 9.90 Å². The zero-order valence-corrected chi connectivity index (χ0v) is 11.6. The molecule has 19 heavy (non-hydrogen) atoms. The zero-order chi connectivity index (χ0) is 14.6. The van der Waals surface area contributed by atoms with Crippen LogP contribution >= 0.6 is 0 Å². The molecule has 0 aliphatic rings. The molecule has 1 rings (SSSR count). The molecule has 0 aliphatic carbocycles. The van der Waals surface area contributed by atoms with E-state index in [4.69, 9.17) is 15.5 Å². The molecule has 6 heteroatoms. The highest BCUT2D eigenvalue weighted by atomic mass is 16.6. The summed E-state index contributed by atoms with van der Waals surface area (Å²) in [6, 6.07) is 4.70. The van der Waals surface area contributed by atoms with Crippen LogP contribution in [-0.2, 0) is 9.57 Å². The lowest BCUT2D eigenvalue weighted by Crippen LogP contribution is -2.27. The Bertz CT molecular complexity index is 454. The van der Waals surface area contributed by atoms with Crippen molar-refractivity contribution in [2.45, 2.75) is 39.4 Å². The van der Waals surface area contributed by atoms with Crippen LogP contribution in [0.2, 0.25) is 0 Å². The number of nitrogens with one attached hydrogen (secondary N) is 1. The molecule has 4 N–H and O–H groups in total. The van der Waals surface area contributed by atoms with E-state index in [-0.39, 0.29) is 17.5 Å². The molecular formula is C13H20N2O4. The lowest BCUT2D eigenvalue weighted by molar-refractivity contribution is 0.0632. The third-order valence-electron chi connectivity index (χ3n) is 2.33. The Hall–Kier alpha value is -1.79. The first-order chi connectivity index (χ1) is 8.73. The lowest BCUT2D eigenvalue weighted by atomic mass is 10.1. The van der Waals surface area contributed by atoms with E-state index in [1.54, 1.807) is 39.8 Å². The maximum absolute atomic E-state index is 11.6. The molecular weight excluding hydrogens is 248 g/mol. The smallest absolute Gasteiger partial charge is 0.412 e. The third kappa shape index (κ3) is 4.76. The summed E-state index contributed by atoms with van der Waals surface area (Å²) in [5, 5.41) is 12.2. The summed E-state index contributed by atoms with van der Waals surface area (Å²) in [6.07, 6.45) is -0.985. The summed E-state index contributed by atoms with van der Waals surface area (Å²) in [5.41, 5.74) is 0.368. The fraction of sp³-hybridized carbons (Fsp3) is 0.462. The topological polar surface area (TPSA) is 93.8 Å². The van der Waals surface area contributed by atoms with E-state index in [2.05, 4.69) is 5.32 Å². The molecule has 1 aromatic carbocycles. The second-order valence-electron chi connectivity index (χ2n) is 5.18. The molecule has 0 aromatic heterocycles. The molecule has 106 valence electrons. The Morgan fingerprint density at radius 3 is 2.58 bits per heavy atom. The monoisotopic (exact) mass is 268 g/mol. The van der Waals surface area contributed by atoms with Gasteiger partial charge in [-0.05, 0) is 45.4 Å². The maximum Gasteiger partial charge on any atom is 0.412 e. The minimum Gasteiger partial charge on any atom is -0.506 e. The normalized spacial score (nSPS) is 12.9. The number of rotatable bonds is 3. The summed E-state index contributed by atoms with van der Waals surface area (Å²) in [7, 11) is 0. The van der Waals surface area contributed by atoms with Crippen LogP contribution in [0.15, 0.2) is 18.2 Å². The van der Waals surface area contributed by atoms with Crippen molar-refractivity contribution in [1.29, 1.82) is 0 Å². The fourth-order valence-corrected chi connectivity index (χ4v) is 1.40. The molecule has 6 nitrogen and oxygen atoms in total. The van der Waals surface area contributed by atoms with Gasteiger partial charge in [0.05, 0.1) is 5.69 Å². The molecule has 0 saturated carbocycles. The average molecular weight is 268 g/mol. The number of phenolic OH excluding ortho intramolecular Hbond substituents is 1. The summed E-state index contributed by atoms with van der Waals surface area (Å²) in [5.74, 6) is 5.05. The first kappa shape index (κ1) is 15.3. The number of ether oxygens (including phenoxy) is 1. The van der Waals surface area contributed by atoms with Gasteiger partial charge in [0.2, 0.25) is 0 Å². The number of hydrogen-bond acceptors (Lipinski definition) is 5. The largest absolute Gasteiger partial charge is 0.506 e. The first-order valence-corrected chi connectivity index (χ1v) is 5.91. The average Bonchev–Trinajstić information content (AvgIpc) is 2.28. The number of carbonyl (C=O) groups is 1.